The second-order valence-corrected chi connectivity index (χ2v) is 12.2. The van der Waals surface area contributed by atoms with Gasteiger partial charge in [0.1, 0.15) is 18.1 Å². The number of nitrogens with zero attached hydrogens (tertiary/aromatic N) is 3. The van der Waals surface area contributed by atoms with Gasteiger partial charge >= 0.3 is 0 Å². The van der Waals surface area contributed by atoms with Gasteiger partial charge in [0.15, 0.2) is 0 Å². The normalized spacial score (nSPS) is 23.7. The first-order valence-corrected chi connectivity index (χ1v) is 14.9. The Labute approximate surface area is 223 Å². The number of ether oxygens (including phenoxy) is 1. The molecule has 198 valence electrons. The fraction of sp³-hybridized carbons (Fsp3) is 0.586. The first kappa shape index (κ1) is 24.9. The van der Waals surface area contributed by atoms with Crippen LogP contribution in [0.15, 0.2) is 29.6 Å². The van der Waals surface area contributed by atoms with Crippen LogP contribution in [-0.4, -0.2) is 70.5 Å². The Bertz CT molecular complexity index is 1210. The Morgan fingerprint density at radius 3 is 2.84 bits per heavy atom. The summed E-state index contributed by atoms with van der Waals surface area (Å²) in [4.78, 5) is 26.3. The number of nitrogens with one attached hydrogen (secondary N) is 2. The molecule has 37 heavy (non-hydrogen) atoms. The van der Waals surface area contributed by atoms with E-state index in [-0.39, 0.29) is 11.9 Å². The number of hydrogen-bond acceptors (Lipinski definition) is 6. The lowest BCUT2D eigenvalue weighted by atomic mass is 9.83. The van der Waals surface area contributed by atoms with E-state index in [0.717, 1.165) is 65.2 Å². The Balaban J connectivity index is 1.02. The second kappa shape index (κ2) is 11.1. The number of benzene rings is 1. The lowest BCUT2D eigenvalue weighted by molar-refractivity contribution is 0.0351. The van der Waals surface area contributed by atoms with Crippen molar-refractivity contribution in [2.45, 2.75) is 70.6 Å². The number of carbonyl (C=O) groups is 1. The highest BCUT2D eigenvalue weighted by molar-refractivity contribution is 7.09. The van der Waals surface area contributed by atoms with Gasteiger partial charge < -0.3 is 24.8 Å². The minimum Gasteiger partial charge on any atom is -0.487 e. The van der Waals surface area contributed by atoms with Crippen molar-refractivity contribution in [2.24, 2.45) is 5.92 Å². The van der Waals surface area contributed by atoms with Gasteiger partial charge in [-0.25, -0.2) is 4.98 Å². The average Bonchev–Trinajstić information content (AvgIpc) is 3.55. The lowest BCUT2D eigenvalue weighted by Gasteiger charge is -2.46. The molecule has 0 saturated carbocycles. The standard InChI is InChI=1S/C29H39N5O2S/c1-20-30-23(19-37-20)18-36-28-9-4-7-25-24(28)16-26(32-25)29(35)31-22-10-14-33(15-11-22)17-21-6-5-13-34-12-3-2-8-27(21)34/h4,7,9,16,19,21-22,27,32H,2-3,5-6,8,10-15,17-18H2,1H3,(H,31,35). The van der Waals surface area contributed by atoms with Crippen molar-refractivity contribution in [1.82, 2.24) is 25.1 Å². The zero-order valence-electron chi connectivity index (χ0n) is 21.9. The van der Waals surface area contributed by atoms with E-state index in [1.165, 1.54) is 51.7 Å². The van der Waals surface area contributed by atoms with Crippen LogP contribution in [0.5, 0.6) is 5.75 Å². The van der Waals surface area contributed by atoms with Crippen LogP contribution in [-0.2, 0) is 6.61 Å². The van der Waals surface area contributed by atoms with Crippen LogP contribution in [0.4, 0.5) is 0 Å². The van der Waals surface area contributed by atoms with Gasteiger partial charge in [-0.05, 0) is 82.7 Å². The number of amides is 1. The summed E-state index contributed by atoms with van der Waals surface area (Å²) >= 11 is 1.63. The predicted molar refractivity (Wildman–Crippen MR) is 148 cm³/mol. The van der Waals surface area contributed by atoms with E-state index in [2.05, 4.69) is 25.1 Å². The number of aromatic nitrogens is 2. The molecule has 0 aliphatic carbocycles. The van der Waals surface area contributed by atoms with Crippen LogP contribution in [0.1, 0.15) is 66.1 Å². The highest BCUT2D eigenvalue weighted by atomic mass is 32.1. The molecule has 8 heteroatoms. The molecule has 3 fully saturated rings. The smallest absolute Gasteiger partial charge is 0.267 e. The third-order valence-corrected chi connectivity index (χ3v) is 9.38. The number of likely N-dealkylation sites (tertiary alicyclic amines) is 1. The molecule has 3 aliphatic rings. The zero-order valence-corrected chi connectivity index (χ0v) is 22.7. The highest BCUT2D eigenvalue weighted by Crippen LogP contribution is 2.32. The van der Waals surface area contributed by atoms with E-state index in [1.807, 2.05) is 36.6 Å². The van der Waals surface area contributed by atoms with Crippen LogP contribution in [0.3, 0.4) is 0 Å². The molecule has 0 spiro atoms. The Hall–Kier alpha value is -2.42. The lowest BCUT2D eigenvalue weighted by Crippen LogP contribution is -2.52. The van der Waals surface area contributed by atoms with Crippen molar-refractivity contribution < 1.29 is 9.53 Å². The molecule has 3 aliphatic heterocycles. The van der Waals surface area contributed by atoms with Crippen molar-refractivity contribution in [1.29, 1.82) is 0 Å². The number of H-pyrrole nitrogens is 1. The maximum atomic E-state index is 13.1. The number of rotatable bonds is 7. The quantitative estimate of drug-likeness (QED) is 0.459. The van der Waals surface area contributed by atoms with Crippen molar-refractivity contribution in [3.63, 3.8) is 0 Å². The average molecular weight is 522 g/mol. The molecule has 0 bridgehead atoms. The van der Waals surface area contributed by atoms with Crippen molar-refractivity contribution in [3.8, 4) is 5.75 Å². The summed E-state index contributed by atoms with van der Waals surface area (Å²) in [5, 5.41) is 7.28. The summed E-state index contributed by atoms with van der Waals surface area (Å²) in [5.74, 6) is 1.56. The summed E-state index contributed by atoms with van der Waals surface area (Å²) in [6.45, 7) is 8.42. The summed E-state index contributed by atoms with van der Waals surface area (Å²) in [6, 6.07) is 8.85. The van der Waals surface area contributed by atoms with E-state index in [1.54, 1.807) is 11.3 Å². The van der Waals surface area contributed by atoms with Gasteiger partial charge in [-0.15, -0.1) is 11.3 Å². The minimum atomic E-state index is -0.0270. The molecule has 3 aromatic rings. The first-order valence-electron chi connectivity index (χ1n) is 14.1. The second-order valence-electron chi connectivity index (χ2n) is 11.1. The van der Waals surface area contributed by atoms with Crippen LogP contribution in [0.2, 0.25) is 0 Å². The van der Waals surface area contributed by atoms with Crippen LogP contribution in [0.25, 0.3) is 10.9 Å². The number of fused-ring (bicyclic) bond motifs is 2. The summed E-state index contributed by atoms with van der Waals surface area (Å²) in [6.07, 6.45) is 8.95. The SMILES string of the molecule is Cc1nc(COc2cccc3[nH]c(C(=O)NC4CCN(CC5CCCN6CCCCC56)CC4)cc23)cs1. The minimum absolute atomic E-state index is 0.0270. The molecule has 2 atom stereocenters. The summed E-state index contributed by atoms with van der Waals surface area (Å²) < 4.78 is 6.05. The van der Waals surface area contributed by atoms with E-state index in [0.29, 0.717) is 12.3 Å². The van der Waals surface area contributed by atoms with E-state index in [4.69, 9.17) is 4.74 Å². The Morgan fingerprint density at radius 1 is 1.14 bits per heavy atom. The number of hydrogen-bond donors (Lipinski definition) is 2. The zero-order chi connectivity index (χ0) is 25.2. The molecule has 0 radical (unpaired) electrons. The van der Waals surface area contributed by atoms with Crippen molar-refractivity contribution >= 4 is 28.1 Å². The monoisotopic (exact) mass is 521 g/mol. The third-order valence-electron chi connectivity index (χ3n) is 8.56. The van der Waals surface area contributed by atoms with Gasteiger partial charge in [0, 0.05) is 48.0 Å². The molecule has 2 unspecified atom stereocenters. The molecule has 1 aromatic carbocycles. The number of carbonyl (C=O) groups excluding carboxylic acids is 1. The van der Waals surface area contributed by atoms with Gasteiger partial charge in [0.05, 0.1) is 10.7 Å². The van der Waals surface area contributed by atoms with Gasteiger partial charge in [-0.2, -0.15) is 0 Å². The largest absolute Gasteiger partial charge is 0.487 e. The topological polar surface area (TPSA) is 73.5 Å². The fourth-order valence-electron chi connectivity index (χ4n) is 6.65. The Morgan fingerprint density at radius 2 is 2.00 bits per heavy atom. The number of aromatic amines is 1. The third kappa shape index (κ3) is 5.71. The maximum Gasteiger partial charge on any atom is 0.267 e. The van der Waals surface area contributed by atoms with Gasteiger partial charge in [0.2, 0.25) is 0 Å². The van der Waals surface area contributed by atoms with Crippen LogP contribution >= 0.6 is 11.3 Å². The van der Waals surface area contributed by atoms with Gasteiger partial charge in [-0.3, -0.25) is 4.79 Å². The van der Waals surface area contributed by atoms with Gasteiger partial charge in [-0.1, -0.05) is 12.5 Å². The molecular formula is C29H39N5O2S. The molecule has 7 nitrogen and oxygen atoms in total. The van der Waals surface area contributed by atoms with Crippen molar-refractivity contribution in [3.05, 3.63) is 46.0 Å². The van der Waals surface area contributed by atoms with E-state index < -0.39 is 0 Å². The van der Waals surface area contributed by atoms with E-state index in [9.17, 15) is 4.79 Å². The van der Waals surface area contributed by atoms with Gasteiger partial charge in [0.25, 0.3) is 5.91 Å². The van der Waals surface area contributed by atoms with Crippen LogP contribution < -0.4 is 10.1 Å². The molecule has 3 saturated heterocycles. The number of piperidine rings is 3. The highest BCUT2D eigenvalue weighted by Gasteiger charge is 2.34. The Kier molecular flexibility index (Phi) is 7.49. The number of thiazole rings is 1. The van der Waals surface area contributed by atoms with E-state index >= 15 is 0 Å². The van der Waals surface area contributed by atoms with Crippen molar-refractivity contribution in [2.75, 3.05) is 32.7 Å². The molecule has 2 aromatic heterocycles. The summed E-state index contributed by atoms with van der Waals surface area (Å²) in [7, 11) is 0. The molecule has 1 amide bonds. The summed E-state index contributed by atoms with van der Waals surface area (Å²) in [5.41, 5.74) is 2.44. The molecule has 6 rings (SSSR count). The number of aryl methyl sites for hydroxylation is 1. The maximum absolute atomic E-state index is 13.1. The first-order chi connectivity index (χ1) is 18.1. The molecule has 2 N–H and O–H groups in total. The molecular weight excluding hydrogens is 482 g/mol. The fourth-order valence-corrected chi connectivity index (χ4v) is 7.24. The molecule has 5 heterocycles. The predicted octanol–water partition coefficient (Wildman–Crippen LogP) is 4.97. The van der Waals surface area contributed by atoms with Crippen LogP contribution in [0, 0.1) is 12.8 Å².